The van der Waals surface area contributed by atoms with Gasteiger partial charge in [-0.1, -0.05) is 0 Å². The summed E-state index contributed by atoms with van der Waals surface area (Å²) in [5.74, 6) is -0.212. The zero-order valence-corrected chi connectivity index (χ0v) is 8.10. The van der Waals surface area contributed by atoms with Crippen molar-refractivity contribution < 1.29 is 4.79 Å². The summed E-state index contributed by atoms with van der Waals surface area (Å²) in [6, 6.07) is 1.41. The van der Waals surface area contributed by atoms with Gasteiger partial charge in [0.05, 0.1) is 6.54 Å². The van der Waals surface area contributed by atoms with Crippen molar-refractivity contribution >= 4 is 11.7 Å². The third kappa shape index (κ3) is 2.40. The Morgan fingerprint density at radius 3 is 2.79 bits per heavy atom. The first-order valence-corrected chi connectivity index (χ1v) is 4.04. The fraction of sp³-hybridized carbons (Fsp3) is 0.375. The molecule has 0 unspecified atom stereocenters. The first-order valence-electron chi connectivity index (χ1n) is 4.04. The number of hydrogen-bond donors (Lipinski definition) is 1. The maximum absolute atomic E-state index is 11.4. The second-order valence-corrected chi connectivity index (χ2v) is 3.14. The number of rotatable bonds is 2. The van der Waals surface area contributed by atoms with E-state index in [1.54, 1.807) is 19.0 Å². The van der Waals surface area contributed by atoms with Crippen molar-refractivity contribution in [2.75, 3.05) is 26.4 Å². The van der Waals surface area contributed by atoms with Crippen LogP contribution in [-0.4, -0.2) is 41.0 Å². The molecule has 0 aliphatic carbocycles. The molecule has 0 spiro atoms. The van der Waals surface area contributed by atoms with Gasteiger partial charge >= 0.3 is 5.69 Å². The summed E-state index contributed by atoms with van der Waals surface area (Å²) in [6.07, 6.45) is 1.33. The van der Waals surface area contributed by atoms with E-state index in [1.807, 2.05) is 0 Å². The van der Waals surface area contributed by atoms with Crippen molar-refractivity contribution in [3.05, 3.63) is 22.7 Å². The zero-order valence-electron chi connectivity index (χ0n) is 8.10. The van der Waals surface area contributed by atoms with Gasteiger partial charge in [0, 0.05) is 6.20 Å². The van der Waals surface area contributed by atoms with Crippen LogP contribution < -0.4 is 11.4 Å². The van der Waals surface area contributed by atoms with E-state index < -0.39 is 5.69 Å². The molecule has 0 radical (unpaired) electrons. The molecule has 1 aromatic rings. The van der Waals surface area contributed by atoms with Gasteiger partial charge in [-0.2, -0.15) is 4.98 Å². The first kappa shape index (κ1) is 10.4. The van der Waals surface area contributed by atoms with Crippen LogP contribution in [-0.2, 0) is 0 Å². The molecule has 0 atom stereocenters. The van der Waals surface area contributed by atoms with Gasteiger partial charge in [-0.3, -0.25) is 4.79 Å². The highest BCUT2D eigenvalue weighted by Crippen LogP contribution is 1.90. The van der Waals surface area contributed by atoms with Crippen molar-refractivity contribution in [1.29, 1.82) is 0 Å². The summed E-state index contributed by atoms with van der Waals surface area (Å²) in [7, 11) is 3.49. The Hall–Kier alpha value is -1.69. The third-order valence-electron chi connectivity index (χ3n) is 1.55. The lowest BCUT2D eigenvalue weighted by molar-refractivity contribution is 0.0870. The van der Waals surface area contributed by atoms with Crippen LogP contribution in [0.15, 0.2) is 17.1 Å². The number of nitrogens with two attached hydrogens (primary N) is 1. The van der Waals surface area contributed by atoms with E-state index in [0.29, 0.717) is 0 Å². The lowest BCUT2D eigenvalue weighted by Crippen LogP contribution is -2.34. The van der Waals surface area contributed by atoms with Crippen LogP contribution in [0.25, 0.3) is 0 Å². The van der Waals surface area contributed by atoms with Crippen LogP contribution in [0.2, 0.25) is 0 Å². The summed E-state index contributed by atoms with van der Waals surface area (Å²) in [6.45, 7) is 0.158. The molecule has 1 rings (SSSR count). The number of carbonyl (C=O) groups excluding carboxylic acids is 1. The molecule has 0 aliphatic rings. The van der Waals surface area contributed by atoms with Crippen LogP contribution in [0.3, 0.4) is 0 Å². The average Bonchev–Trinajstić information content (AvgIpc) is 2.01. The number of likely N-dealkylation sites (N-methyl/N-ethyl adjacent to an activating group) is 1. The third-order valence-corrected chi connectivity index (χ3v) is 1.55. The van der Waals surface area contributed by atoms with Gasteiger partial charge in [0.15, 0.2) is 0 Å². The van der Waals surface area contributed by atoms with Crippen LogP contribution in [0.4, 0.5) is 5.82 Å². The molecular weight excluding hydrogens is 184 g/mol. The molecule has 0 amide bonds. The Morgan fingerprint density at radius 1 is 1.64 bits per heavy atom. The second kappa shape index (κ2) is 4.01. The number of anilines is 1. The minimum atomic E-state index is -0.642. The Morgan fingerprint density at radius 2 is 2.29 bits per heavy atom. The minimum Gasteiger partial charge on any atom is -0.383 e. The van der Waals surface area contributed by atoms with E-state index in [1.165, 1.54) is 12.3 Å². The highest BCUT2D eigenvalue weighted by Gasteiger charge is 2.08. The number of carbonyl (C=O) groups is 1. The molecule has 76 valence electrons. The van der Waals surface area contributed by atoms with E-state index in [2.05, 4.69) is 4.98 Å². The summed E-state index contributed by atoms with van der Waals surface area (Å²) in [4.78, 5) is 27.7. The van der Waals surface area contributed by atoms with Gasteiger partial charge in [-0.05, 0) is 20.2 Å². The lowest BCUT2D eigenvalue weighted by Gasteiger charge is -2.08. The van der Waals surface area contributed by atoms with E-state index in [9.17, 15) is 9.59 Å². The molecule has 6 nitrogen and oxygen atoms in total. The number of nitrogen functional groups attached to an aromatic ring is 1. The molecule has 14 heavy (non-hydrogen) atoms. The number of hydrogen-bond acceptors (Lipinski definition) is 5. The van der Waals surface area contributed by atoms with Crippen molar-refractivity contribution in [1.82, 2.24) is 14.5 Å². The van der Waals surface area contributed by atoms with Gasteiger partial charge in [-0.25, -0.2) is 9.36 Å². The van der Waals surface area contributed by atoms with Crippen molar-refractivity contribution in [3.8, 4) is 0 Å². The van der Waals surface area contributed by atoms with Gasteiger partial charge < -0.3 is 10.6 Å². The number of aromatic nitrogens is 2. The van der Waals surface area contributed by atoms with Crippen molar-refractivity contribution in [3.63, 3.8) is 0 Å². The molecule has 0 bridgehead atoms. The lowest BCUT2D eigenvalue weighted by atomic mass is 10.5. The highest BCUT2D eigenvalue weighted by atomic mass is 16.2. The quantitative estimate of drug-likeness (QED) is 0.658. The van der Waals surface area contributed by atoms with Gasteiger partial charge in [0.1, 0.15) is 5.82 Å². The molecule has 0 saturated heterocycles. The van der Waals surface area contributed by atoms with Crippen molar-refractivity contribution in [2.24, 2.45) is 0 Å². The summed E-state index contributed by atoms with van der Waals surface area (Å²) < 4.78 is 0.941. The Labute approximate surface area is 81.0 Å². The van der Waals surface area contributed by atoms with Crippen molar-refractivity contribution in [2.45, 2.75) is 0 Å². The fourth-order valence-electron chi connectivity index (χ4n) is 0.953. The Bertz CT molecular complexity index is 397. The molecule has 0 fully saturated rings. The largest absolute Gasteiger partial charge is 0.383 e. The van der Waals surface area contributed by atoms with E-state index >= 15 is 0 Å². The topological polar surface area (TPSA) is 81.2 Å². The summed E-state index contributed by atoms with van der Waals surface area (Å²) in [5, 5.41) is 0. The minimum absolute atomic E-state index is 0.115. The molecule has 6 heteroatoms. The fourth-order valence-corrected chi connectivity index (χ4v) is 0.953. The molecule has 2 N–H and O–H groups in total. The summed E-state index contributed by atoms with van der Waals surface area (Å²) in [5.41, 5.74) is 4.64. The van der Waals surface area contributed by atoms with Crippen LogP contribution in [0.1, 0.15) is 4.79 Å². The predicted molar refractivity (Wildman–Crippen MR) is 52.1 cm³/mol. The molecule has 0 aliphatic heterocycles. The van der Waals surface area contributed by atoms with Gasteiger partial charge in [0.2, 0.25) is 5.91 Å². The molecular formula is C8H12N4O2. The Kier molecular flexibility index (Phi) is 2.98. The zero-order chi connectivity index (χ0) is 10.7. The normalized spacial score (nSPS) is 10.5. The predicted octanol–water partition coefficient (Wildman–Crippen LogP) is -0.973. The van der Waals surface area contributed by atoms with E-state index in [-0.39, 0.29) is 18.3 Å². The standard InChI is InChI=1S/C8H12N4O2/c1-11(2)5-7(13)12-4-3-6(9)10-8(12)14/h3-4H,5H2,1-2H3,(H2,9,10,14). The van der Waals surface area contributed by atoms with Gasteiger partial charge in [-0.15, -0.1) is 0 Å². The molecule has 1 aromatic heterocycles. The van der Waals surface area contributed by atoms with E-state index in [0.717, 1.165) is 4.57 Å². The van der Waals surface area contributed by atoms with Crippen LogP contribution >= 0.6 is 0 Å². The van der Waals surface area contributed by atoms with Crippen LogP contribution in [0.5, 0.6) is 0 Å². The second-order valence-electron chi connectivity index (χ2n) is 3.14. The maximum Gasteiger partial charge on any atom is 0.356 e. The average molecular weight is 196 g/mol. The molecule has 0 aromatic carbocycles. The first-order chi connectivity index (χ1) is 6.50. The molecule has 0 saturated carbocycles. The maximum atomic E-state index is 11.4. The van der Waals surface area contributed by atoms with E-state index in [4.69, 9.17) is 5.73 Å². The van der Waals surface area contributed by atoms with Crippen LogP contribution in [0, 0.1) is 0 Å². The SMILES string of the molecule is CN(C)CC(=O)n1ccc(N)nc1=O. The number of nitrogens with zero attached hydrogens (tertiary/aromatic N) is 3. The summed E-state index contributed by atoms with van der Waals surface area (Å²) >= 11 is 0. The highest BCUT2D eigenvalue weighted by molar-refractivity contribution is 5.80. The smallest absolute Gasteiger partial charge is 0.356 e. The Balaban J connectivity index is 2.97. The molecule has 1 heterocycles. The van der Waals surface area contributed by atoms with Gasteiger partial charge in [0.25, 0.3) is 0 Å². The monoisotopic (exact) mass is 196 g/mol.